The quantitative estimate of drug-likeness (QED) is 0.657. The lowest BCUT2D eigenvalue weighted by Gasteiger charge is -2.17. The van der Waals surface area contributed by atoms with Crippen LogP contribution in [0.15, 0.2) is 40.9 Å². The number of carbonyl (C=O) groups excluding carboxylic acids is 1. The van der Waals surface area contributed by atoms with Crippen LogP contribution >= 0.6 is 11.6 Å². The number of amides is 1. The van der Waals surface area contributed by atoms with Crippen molar-refractivity contribution >= 4 is 23.2 Å². The van der Waals surface area contributed by atoms with E-state index in [0.717, 1.165) is 11.1 Å². The molecule has 1 aromatic heterocycles. The van der Waals surface area contributed by atoms with Crippen molar-refractivity contribution < 1.29 is 13.7 Å². The van der Waals surface area contributed by atoms with Crippen LogP contribution in [0.2, 0.25) is 5.02 Å². The zero-order valence-corrected chi connectivity index (χ0v) is 15.6. The predicted molar refractivity (Wildman–Crippen MR) is 100 cm³/mol. The SMILES string of the molecule is Cc1ccc(-c2nc(C3CC(=O)N(c4cc(Cl)ccc4F)C3)no2)cc1C. The van der Waals surface area contributed by atoms with Crippen molar-refractivity contribution in [3.63, 3.8) is 0 Å². The summed E-state index contributed by atoms with van der Waals surface area (Å²) in [6, 6.07) is 10.1. The van der Waals surface area contributed by atoms with Crippen LogP contribution in [0.5, 0.6) is 0 Å². The van der Waals surface area contributed by atoms with Gasteiger partial charge in [-0.1, -0.05) is 22.8 Å². The lowest BCUT2D eigenvalue weighted by molar-refractivity contribution is -0.117. The number of nitrogens with zero attached hydrogens (tertiary/aromatic N) is 3. The normalized spacial score (nSPS) is 17.0. The average molecular weight is 386 g/mol. The first kappa shape index (κ1) is 17.7. The highest BCUT2D eigenvalue weighted by molar-refractivity contribution is 6.31. The molecule has 2 aromatic carbocycles. The molecular weight excluding hydrogens is 369 g/mol. The molecule has 1 fully saturated rings. The first-order valence-corrected chi connectivity index (χ1v) is 8.97. The minimum absolute atomic E-state index is 0.174. The number of carbonyl (C=O) groups is 1. The highest BCUT2D eigenvalue weighted by Crippen LogP contribution is 2.34. The molecule has 0 saturated carbocycles. The number of rotatable bonds is 3. The molecule has 3 aromatic rings. The van der Waals surface area contributed by atoms with Gasteiger partial charge in [-0.15, -0.1) is 0 Å². The van der Waals surface area contributed by atoms with E-state index in [9.17, 15) is 9.18 Å². The molecule has 0 bridgehead atoms. The summed E-state index contributed by atoms with van der Waals surface area (Å²) in [4.78, 5) is 18.3. The van der Waals surface area contributed by atoms with Crippen molar-refractivity contribution in [1.29, 1.82) is 0 Å². The molecule has 1 saturated heterocycles. The molecule has 27 heavy (non-hydrogen) atoms. The Morgan fingerprint density at radius 3 is 2.78 bits per heavy atom. The average Bonchev–Trinajstić information content (AvgIpc) is 3.26. The molecule has 0 spiro atoms. The zero-order valence-electron chi connectivity index (χ0n) is 14.9. The van der Waals surface area contributed by atoms with Gasteiger partial charge in [0, 0.05) is 29.5 Å². The second-order valence-corrected chi connectivity index (χ2v) is 7.19. The number of hydrogen-bond donors (Lipinski definition) is 0. The van der Waals surface area contributed by atoms with E-state index in [2.05, 4.69) is 10.1 Å². The van der Waals surface area contributed by atoms with Crippen LogP contribution in [-0.2, 0) is 4.79 Å². The highest BCUT2D eigenvalue weighted by Gasteiger charge is 2.35. The summed E-state index contributed by atoms with van der Waals surface area (Å²) in [5, 5.41) is 4.42. The van der Waals surface area contributed by atoms with E-state index in [0.29, 0.717) is 16.7 Å². The largest absolute Gasteiger partial charge is 0.334 e. The highest BCUT2D eigenvalue weighted by atomic mass is 35.5. The molecule has 4 rings (SSSR count). The van der Waals surface area contributed by atoms with Crippen LogP contribution in [-0.4, -0.2) is 22.6 Å². The Morgan fingerprint density at radius 1 is 1.19 bits per heavy atom. The van der Waals surface area contributed by atoms with Gasteiger partial charge in [0.2, 0.25) is 5.91 Å². The van der Waals surface area contributed by atoms with Crippen molar-refractivity contribution in [3.8, 4) is 11.5 Å². The summed E-state index contributed by atoms with van der Waals surface area (Å²) in [5.41, 5.74) is 3.32. The zero-order chi connectivity index (χ0) is 19.1. The maximum absolute atomic E-state index is 14.1. The number of aryl methyl sites for hydroxylation is 2. The van der Waals surface area contributed by atoms with E-state index in [1.54, 1.807) is 0 Å². The minimum atomic E-state index is -0.489. The summed E-state index contributed by atoms with van der Waals surface area (Å²) >= 11 is 5.95. The van der Waals surface area contributed by atoms with Crippen LogP contribution in [0.25, 0.3) is 11.5 Å². The van der Waals surface area contributed by atoms with Crippen LogP contribution in [0.4, 0.5) is 10.1 Å². The Bertz CT molecular complexity index is 1030. The second-order valence-electron chi connectivity index (χ2n) is 6.76. The number of halogens is 2. The molecule has 1 aliphatic rings. The van der Waals surface area contributed by atoms with E-state index >= 15 is 0 Å². The minimum Gasteiger partial charge on any atom is -0.334 e. The fraction of sp³-hybridized carbons (Fsp3) is 0.250. The van der Waals surface area contributed by atoms with Gasteiger partial charge in [-0.05, 0) is 55.3 Å². The van der Waals surface area contributed by atoms with Crippen LogP contribution < -0.4 is 4.90 Å². The number of anilines is 1. The van der Waals surface area contributed by atoms with Gasteiger partial charge in [-0.3, -0.25) is 4.79 Å². The number of aromatic nitrogens is 2. The van der Waals surface area contributed by atoms with Gasteiger partial charge >= 0.3 is 0 Å². The van der Waals surface area contributed by atoms with Crippen molar-refractivity contribution in [2.75, 3.05) is 11.4 Å². The third-order valence-electron chi connectivity index (χ3n) is 4.88. The summed E-state index contributed by atoms with van der Waals surface area (Å²) in [7, 11) is 0. The molecule has 0 aliphatic carbocycles. The number of benzene rings is 2. The fourth-order valence-electron chi connectivity index (χ4n) is 3.20. The number of hydrogen-bond acceptors (Lipinski definition) is 4. The first-order valence-electron chi connectivity index (χ1n) is 8.59. The molecule has 138 valence electrons. The molecule has 2 heterocycles. The van der Waals surface area contributed by atoms with E-state index in [1.807, 2.05) is 32.0 Å². The Hall–Kier alpha value is -2.73. The lowest BCUT2D eigenvalue weighted by Crippen LogP contribution is -2.25. The van der Waals surface area contributed by atoms with Crippen LogP contribution in [0, 0.1) is 19.7 Å². The second kappa shape index (κ2) is 6.78. The Kier molecular flexibility index (Phi) is 4.44. The molecule has 0 radical (unpaired) electrons. The van der Waals surface area contributed by atoms with Crippen LogP contribution in [0.3, 0.4) is 0 Å². The Morgan fingerprint density at radius 2 is 2.00 bits per heavy atom. The Labute approximate surface area is 160 Å². The van der Waals surface area contributed by atoms with Gasteiger partial charge in [0.25, 0.3) is 5.89 Å². The fourth-order valence-corrected chi connectivity index (χ4v) is 3.36. The molecule has 5 nitrogen and oxygen atoms in total. The van der Waals surface area contributed by atoms with Gasteiger partial charge in [-0.25, -0.2) is 4.39 Å². The maximum Gasteiger partial charge on any atom is 0.257 e. The molecular formula is C20H17ClFN3O2. The summed E-state index contributed by atoms with van der Waals surface area (Å²) < 4.78 is 19.5. The van der Waals surface area contributed by atoms with Crippen molar-refractivity contribution in [3.05, 3.63) is 64.2 Å². The molecule has 7 heteroatoms. The molecule has 1 atom stereocenters. The summed E-state index contributed by atoms with van der Waals surface area (Å²) in [5.74, 6) is -0.0922. The summed E-state index contributed by atoms with van der Waals surface area (Å²) in [6.07, 6.45) is 0.192. The predicted octanol–water partition coefficient (Wildman–Crippen LogP) is 4.67. The van der Waals surface area contributed by atoms with Crippen molar-refractivity contribution in [2.45, 2.75) is 26.2 Å². The Balaban J connectivity index is 1.58. The van der Waals surface area contributed by atoms with Gasteiger partial charge in [0.1, 0.15) is 5.82 Å². The molecule has 0 N–H and O–H groups in total. The van der Waals surface area contributed by atoms with E-state index in [1.165, 1.54) is 28.7 Å². The van der Waals surface area contributed by atoms with Gasteiger partial charge in [0.05, 0.1) is 5.69 Å². The summed E-state index contributed by atoms with van der Waals surface area (Å²) in [6.45, 7) is 4.33. The van der Waals surface area contributed by atoms with E-state index < -0.39 is 5.82 Å². The van der Waals surface area contributed by atoms with E-state index in [4.69, 9.17) is 16.1 Å². The van der Waals surface area contributed by atoms with Gasteiger partial charge in [0.15, 0.2) is 5.82 Å². The topological polar surface area (TPSA) is 59.2 Å². The maximum atomic E-state index is 14.1. The van der Waals surface area contributed by atoms with Gasteiger partial charge in [-0.2, -0.15) is 4.98 Å². The van der Waals surface area contributed by atoms with Crippen LogP contribution in [0.1, 0.15) is 29.3 Å². The first-order chi connectivity index (χ1) is 12.9. The standard InChI is InChI=1S/C20H17ClFN3O2/c1-11-3-4-13(7-12(11)2)20-23-19(24-27-20)14-8-18(26)25(10-14)17-9-15(21)5-6-16(17)22/h3-7,9,14H,8,10H2,1-2H3. The molecule has 1 aliphatic heterocycles. The molecule has 1 amide bonds. The van der Waals surface area contributed by atoms with Crippen molar-refractivity contribution in [2.24, 2.45) is 0 Å². The van der Waals surface area contributed by atoms with Crippen molar-refractivity contribution in [1.82, 2.24) is 10.1 Å². The lowest BCUT2D eigenvalue weighted by atomic mass is 10.1. The molecule has 1 unspecified atom stereocenters. The van der Waals surface area contributed by atoms with Gasteiger partial charge < -0.3 is 9.42 Å². The third-order valence-corrected chi connectivity index (χ3v) is 5.12. The smallest absolute Gasteiger partial charge is 0.257 e. The monoisotopic (exact) mass is 385 g/mol. The third kappa shape index (κ3) is 3.32. The van der Waals surface area contributed by atoms with E-state index in [-0.39, 0.29) is 30.5 Å².